The normalized spacial score (nSPS) is 15.0. The van der Waals surface area contributed by atoms with Crippen LogP contribution in [0.3, 0.4) is 0 Å². The Kier molecular flexibility index (Phi) is 15.4. The monoisotopic (exact) mass is 553 g/mol. The number of benzene rings is 1. The van der Waals surface area contributed by atoms with E-state index in [2.05, 4.69) is 16.0 Å². The molecule has 1 aromatic rings. The quantitative estimate of drug-likeness (QED) is 0.128. The lowest BCUT2D eigenvalue weighted by atomic mass is 9.98. The van der Waals surface area contributed by atoms with Gasteiger partial charge in [-0.15, -0.1) is 0 Å². The number of thioether (sulfide) groups is 1. The Balaban J connectivity index is 3.14. The number of amides is 3. The zero-order valence-corrected chi connectivity index (χ0v) is 23.3. The second kappa shape index (κ2) is 17.6. The summed E-state index contributed by atoms with van der Waals surface area (Å²) in [5, 5.41) is 27.0. The largest absolute Gasteiger partial charge is 0.508 e. The average molecular weight is 554 g/mol. The average Bonchev–Trinajstić information content (AvgIpc) is 2.89. The molecule has 5 unspecified atom stereocenters. The third-order valence-corrected chi connectivity index (χ3v) is 7.02. The Morgan fingerprint density at radius 3 is 2.05 bits per heavy atom. The van der Waals surface area contributed by atoms with Gasteiger partial charge in [-0.2, -0.15) is 11.8 Å². The van der Waals surface area contributed by atoms with Gasteiger partial charge in [-0.05, 0) is 67.9 Å². The van der Waals surface area contributed by atoms with Gasteiger partial charge in [0.05, 0.1) is 6.04 Å². The molecule has 0 spiro atoms. The molecule has 9 N–H and O–H groups in total. The number of unbranched alkanes of at least 4 members (excludes halogenated alkanes) is 1. The van der Waals surface area contributed by atoms with Crippen molar-refractivity contribution in [1.82, 2.24) is 16.0 Å². The van der Waals surface area contributed by atoms with Crippen molar-refractivity contribution in [2.75, 3.05) is 18.6 Å². The Labute approximate surface area is 228 Å². The molecule has 5 atom stereocenters. The van der Waals surface area contributed by atoms with Crippen molar-refractivity contribution in [3.05, 3.63) is 29.8 Å². The standard InChI is InChI=1S/C26H43N5O6S/c1-4-16(2)22(28)25(35)31-21(15-17-8-10-18(32)11-9-17)24(34)29-19(7-5-6-13-27)23(33)30-20(26(36)37)12-14-38-3/h8-11,16,19-22,32H,4-7,12-15,27-28H2,1-3H3,(H,29,34)(H,30,33)(H,31,35)(H,36,37). The molecule has 0 saturated heterocycles. The van der Waals surface area contributed by atoms with Crippen LogP contribution < -0.4 is 27.4 Å². The minimum Gasteiger partial charge on any atom is -0.508 e. The van der Waals surface area contributed by atoms with E-state index in [0.717, 1.165) is 0 Å². The molecule has 214 valence electrons. The fourth-order valence-electron chi connectivity index (χ4n) is 3.66. The molecule has 0 aliphatic rings. The summed E-state index contributed by atoms with van der Waals surface area (Å²) in [6.07, 6.45) is 4.24. The van der Waals surface area contributed by atoms with Crippen molar-refractivity contribution in [3.63, 3.8) is 0 Å². The second-order valence-corrected chi connectivity index (χ2v) is 10.4. The van der Waals surface area contributed by atoms with E-state index in [1.54, 1.807) is 12.1 Å². The van der Waals surface area contributed by atoms with E-state index < -0.39 is 47.9 Å². The van der Waals surface area contributed by atoms with Gasteiger partial charge in [0.25, 0.3) is 0 Å². The van der Waals surface area contributed by atoms with Crippen LogP contribution >= 0.6 is 11.8 Å². The number of hydrogen-bond donors (Lipinski definition) is 7. The van der Waals surface area contributed by atoms with Crippen LogP contribution in [-0.2, 0) is 25.6 Å². The summed E-state index contributed by atoms with van der Waals surface area (Å²) in [4.78, 5) is 51.0. The minimum atomic E-state index is -1.16. The summed E-state index contributed by atoms with van der Waals surface area (Å²) in [7, 11) is 0. The molecule has 38 heavy (non-hydrogen) atoms. The highest BCUT2D eigenvalue weighted by Gasteiger charge is 2.31. The number of nitrogens with one attached hydrogen (secondary N) is 3. The molecule has 3 amide bonds. The zero-order chi connectivity index (χ0) is 28.7. The molecular formula is C26H43N5O6S. The zero-order valence-electron chi connectivity index (χ0n) is 22.4. The van der Waals surface area contributed by atoms with Crippen molar-refractivity contribution in [2.24, 2.45) is 17.4 Å². The smallest absolute Gasteiger partial charge is 0.326 e. The van der Waals surface area contributed by atoms with Crippen molar-refractivity contribution in [3.8, 4) is 5.75 Å². The molecule has 0 aromatic heterocycles. The van der Waals surface area contributed by atoms with E-state index in [4.69, 9.17) is 11.5 Å². The van der Waals surface area contributed by atoms with Crippen molar-refractivity contribution < 1.29 is 29.4 Å². The molecule has 0 bridgehead atoms. The lowest BCUT2D eigenvalue weighted by molar-refractivity contribution is -0.142. The van der Waals surface area contributed by atoms with E-state index in [0.29, 0.717) is 37.1 Å². The summed E-state index contributed by atoms with van der Waals surface area (Å²) < 4.78 is 0. The lowest BCUT2D eigenvalue weighted by Gasteiger charge is -2.26. The van der Waals surface area contributed by atoms with E-state index in [1.165, 1.54) is 23.9 Å². The van der Waals surface area contributed by atoms with Crippen LogP contribution in [0.5, 0.6) is 5.75 Å². The predicted molar refractivity (Wildman–Crippen MR) is 149 cm³/mol. The van der Waals surface area contributed by atoms with Crippen LogP contribution in [0, 0.1) is 5.92 Å². The van der Waals surface area contributed by atoms with E-state index in [1.807, 2.05) is 20.1 Å². The number of carboxylic acids is 1. The summed E-state index contributed by atoms with van der Waals surface area (Å²) in [5.41, 5.74) is 12.3. The van der Waals surface area contributed by atoms with Gasteiger partial charge in [0.2, 0.25) is 17.7 Å². The molecule has 1 aromatic carbocycles. The lowest BCUT2D eigenvalue weighted by Crippen LogP contribution is -2.58. The summed E-state index contributed by atoms with van der Waals surface area (Å²) >= 11 is 1.46. The number of aliphatic carboxylic acids is 1. The first-order valence-electron chi connectivity index (χ1n) is 12.9. The molecule has 12 heteroatoms. The molecule has 0 aliphatic heterocycles. The summed E-state index contributed by atoms with van der Waals surface area (Å²) in [5.74, 6) is -2.39. The maximum atomic E-state index is 13.4. The topological polar surface area (TPSA) is 197 Å². The number of carbonyl (C=O) groups excluding carboxylic acids is 3. The maximum absolute atomic E-state index is 13.4. The first-order valence-corrected chi connectivity index (χ1v) is 14.3. The van der Waals surface area contributed by atoms with Gasteiger partial charge in [0.1, 0.15) is 23.9 Å². The number of rotatable bonds is 18. The van der Waals surface area contributed by atoms with Crippen molar-refractivity contribution in [2.45, 2.75) is 76.5 Å². The van der Waals surface area contributed by atoms with Gasteiger partial charge in [0.15, 0.2) is 0 Å². The Morgan fingerprint density at radius 2 is 1.50 bits per heavy atom. The number of carbonyl (C=O) groups is 4. The number of aromatic hydroxyl groups is 1. The third-order valence-electron chi connectivity index (χ3n) is 6.37. The molecule has 11 nitrogen and oxygen atoms in total. The number of phenolic OH excluding ortho intramolecular Hbond substituents is 1. The number of carboxylic acid groups (broad SMARTS) is 1. The highest BCUT2D eigenvalue weighted by Crippen LogP contribution is 2.13. The van der Waals surface area contributed by atoms with Gasteiger partial charge in [-0.25, -0.2) is 4.79 Å². The van der Waals surface area contributed by atoms with Crippen molar-refractivity contribution in [1.29, 1.82) is 0 Å². The van der Waals surface area contributed by atoms with Crippen LogP contribution in [-0.4, -0.2) is 76.6 Å². The maximum Gasteiger partial charge on any atom is 0.326 e. The van der Waals surface area contributed by atoms with Crippen LogP contribution in [0.2, 0.25) is 0 Å². The van der Waals surface area contributed by atoms with Crippen LogP contribution in [0.1, 0.15) is 51.5 Å². The van der Waals surface area contributed by atoms with Gasteiger partial charge >= 0.3 is 5.97 Å². The van der Waals surface area contributed by atoms with E-state index in [9.17, 15) is 29.4 Å². The molecule has 0 radical (unpaired) electrons. The second-order valence-electron chi connectivity index (χ2n) is 9.37. The molecular weight excluding hydrogens is 510 g/mol. The van der Waals surface area contributed by atoms with Crippen molar-refractivity contribution >= 4 is 35.5 Å². The van der Waals surface area contributed by atoms with Gasteiger partial charge < -0.3 is 37.6 Å². The van der Waals surface area contributed by atoms with Gasteiger partial charge in [0, 0.05) is 6.42 Å². The molecule has 0 saturated carbocycles. The number of hydrogen-bond acceptors (Lipinski definition) is 8. The molecule has 0 aliphatic carbocycles. The Morgan fingerprint density at radius 1 is 0.921 bits per heavy atom. The highest BCUT2D eigenvalue weighted by atomic mass is 32.2. The third kappa shape index (κ3) is 11.7. The summed E-state index contributed by atoms with van der Waals surface area (Å²) in [6.45, 7) is 4.15. The highest BCUT2D eigenvalue weighted by molar-refractivity contribution is 7.98. The van der Waals surface area contributed by atoms with Crippen LogP contribution in [0.4, 0.5) is 0 Å². The Bertz CT molecular complexity index is 901. The number of nitrogens with two attached hydrogens (primary N) is 2. The minimum absolute atomic E-state index is 0.0590. The van der Waals surface area contributed by atoms with E-state index >= 15 is 0 Å². The number of phenols is 1. The first-order chi connectivity index (χ1) is 18.0. The molecule has 1 rings (SSSR count). The SMILES string of the molecule is CCC(C)C(N)C(=O)NC(Cc1ccc(O)cc1)C(=O)NC(CCCCN)C(=O)NC(CCSC)C(=O)O. The first kappa shape index (κ1) is 33.2. The summed E-state index contributed by atoms with van der Waals surface area (Å²) in [6, 6.07) is 2.21. The molecule has 0 fully saturated rings. The fraction of sp³-hybridized carbons (Fsp3) is 0.615. The van der Waals surface area contributed by atoms with Crippen LogP contribution in [0.15, 0.2) is 24.3 Å². The Hall–Kier alpha value is -2.83. The fourth-order valence-corrected chi connectivity index (χ4v) is 4.13. The van der Waals surface area contributed by atoms with Crippen LogP contribution in [0.25, 0.3) is 0 Å². The van der Waals surface area contributed by atoms with Gasteiger partial charge in [-0.3, -0.25) is 14.4 Å². The predicted octanol–water partition coefficient (Wildman–Crippen LogP) is 0.729. The molecule has 0 heterocycles. The van der Waals surface area contributed by atoms with Gasteiger partial charge in [-0.1, -0.05) is 32.4 Å². The van der Waals surface area contributed by atoms with E-state index in [-0.39, 0.29) is 30.9 Å².